The minimum atomic E-state index is -0.421. The quantitative estimate of drug-likeness (QED) is 0.595. The van der Waals surface area contributed by atoms with Crippen molar-refractivity contribution in [1.29, 1.82) is 0 Å². The highest BCUT2D eigenvalue weighted by molar-refractivity contribution is 8.01. The molecule has 0 aliphatic rings. The summed E-state index contributed by atoms with van der Waals surface area (Å²) in [5, 5.41) is 11.7. The summed E-state index contributed by atoms with van der Waals surface area (Å²) in [5.41, 5.74) is -0.421. The first-order valence-electron chi connectivity index (χ1n) is 6.36. The lowest BCUT2D eigenvalue weighted by Gasteiger charge is -2.06. The molecule has 0 unspecified atom stereocenters. The molecule has 0 saturated heterocycles. The minimum absolute atomic E-state index is 0.00455. The average molecular weight is 325 g/mol. The number of nitrogens with zero attached hydrogens (tertiary/aromatic N) is 4. The molecule has 1 N–H and O–H groups in total. The molecule has 0 radical (unpaired) electrons. The van der Waals surface area contributed by atoms with Gasteiger partial charge >= 0.3 is 5.69 Å². The maximum Gasteiger partial charge on any atom is 0.347 e. The van der Waals surface area contributed by atoms with Crippen LogP contribution >= 0.6 is 23.1 Å². The van der Waals surface area contributed by atoms with E-state index >= 15 is 0 Å². The molecule has 0 aliphatic carbocycles. The number of amides is 1. The van der Waals surface area contributed by atoms with Crippen molar-refractivity contribution in [3.05, 3.63) is 34.0 Å². The summed E-state index contributed by atoms with van der Waals surface area (Å²) >= 11 is 3.19. The van der Waals surface area contributed by atoms with E-state index in [9.17, 15) is 9.59 Å². The zero-order chi connectivity index (χ0) is 15.1. The van der Waals surface area contributed by atoms with E-state index in [1.165, 1.54) is 10.8 Å². The number of carbonyl (C=O) groups is 1. The molecule has 0 spiro atoms. The number of hydrogen-bond donors (Lipinski definition) is 1. The van der Waals surface area contributed by atoms with Crippen LogP contribution in [0.1, 0.15) is 11.4 Å². The lowest BCUT2D eigenvalue weighted by Crippen LogP contribution is -2.33. The predicted octanol–water partition coefficient (Wildman–Crippen LogP) is 0.702. The molecule has 0 fully saturated rings. The van der Waals surface area contributed by atoms with Crippen molar-refractivity contribution in [3.8, 4) is 0 Å². The fraction of sp³-hybridized carbons (Fsp3) is 0.417. The van der Waals surface area contributed by atoms with Gasteiger partial charge in [-0.25, -0.2) is 9.78 Å². The molecule has 2 heterocycles. The Labute approximate surface area is 129 Å². The minimum Gasteiger partial charge on any atom is -0.355 e. The van der Waals surface area contributed by atoms with E-state index < -0.39 is 5.69 Å². The Kier molecular flexibility index (Phi) is 5.88. The highest BCUT2D eigenvalue weighted by atomic mass is 32.2. The van der Waals surface area contributed by atoms with Crippen LogP contribution < -0.4 is 11.0 Å². The molecule has 2 aromatic rings. The van der Waals surface area contributed by atoms with Crippen molar-refractivity contribution in [1.82, 2.24) is 25.1 Å². The number of hydrogen-bond acceptors (Lipinski definition) is 7. The van der Waals surface area contributed by atoms with E-state index in [0.29, 0.717) is 6.54 Å². The van der Waals surface area contributed by atoms with E-state index in [1.54, 1.807) is 35.4 Å². The highest BCUT2D eigenvalue weighted by Gasteiger charge is 2.04. The summed E-state index contributed by atoms with van der Waals surface area (Å²) < 4.78 is 2.22. The monoisotopic (exact) mass is 325 g/mol. The molecule has 2 aromatic heterocycles. The molecule has 2 rings (SSSR count). The van der Waals surface area contributed by atoms with Crippen LogP contribution in [-0.2, 0) is 11.3 Å². The maximum atomic E-state index is 11.7. The molecule has 0 aromatic carbocycles. The van der Waals surface area contributed by atoms with Crippen LogP contribution in [0.4, 0.5) is 0 Å². The van der Waals surface area contributed by atoms with Crippen LogP contribution in [0.2, 0.25) is 0 Å². The van der Waals surface area contributed by atoms with Crippen LogP contribution in [0, 0.1) is 6.92 Å². The van der Waals surface area contributed by atoms with Gasteiger partial charge in [0.1, 0.15) is 11.6 Å². The Balaban J connectivity index is 1.63. The maximum absolute atomic E-state index is 11.7. The van der Waals surface area contributed by atoms with E-state index in [1.807, 2.05) is 6.92 Å². The number of carbonyl (C=O) groups excluding carboxylic acids is 1. The average Bonchev–Trinajstić information content (AvgIpc) is 2.87. The first-order valence-corrected chi connectivity index (χ1v) is 8.16. The molecule has 0 saturated carbocycles. The number of nitrogens with one attached hydrogen (secondary N) is 1. The summed E-state index contributed by atoms with van der Waals surface area (Å²) in [7, 11) is 0. The Morgan fingerprint density at radius 1 is 1.48 bits per heavy atom. The van der Waals surface area contributed by atoms with E-state index in [0.717, 1.165) is 21.5 Å². The largest absolute Gasteiger partial charge is 0.355 e. The fourth-order valence-corrected chi connectivity index (χ4v) is 3.34. The van der Waals surface area contributed by atoms with Gasteiger partial charge in [0.05, 0.1) is 0 Å². The van der Waals surface area contributed by atoms with Crippen molar-refractivity contribution >= 4 is 29.0 Å². The van der Waals surface area contributed by atoms with Gasteiger partial charge in [-0.05, 0) is 19.4 Å². The topological polar surface area (TPSA) is 89.8 Å². The Morgan fingerprint density at radius 3 is 3.05 bits per heavy atom. The molecule has 21 heavy (non-hydrogen) atoms. The van der Waals surface area contributed by atoms with Crippen LogP contribution in [0.25, 0.3) is 0 Å². The summed E-state index contributed by atoms with van der Waals surface area (Å²) in [6.45, 7) is 2.48. The zero-order valence-corrected chi connectivity index (χ0v) is 13.1. The third-order valence-electron chi connectivity index (χ3n) is 2.47. The summed E-state index contributed by atoms with van der Waals surface area (Å²) in [5.74, 6) is 0.670. The molecule has 0 bridgehead atoms. The summed E-state index contributed by atoms with van der Waals surface area (Å²) in [6, 6.07) is 1.62. The smallest absolute Gasteiger partial charge is 0.347 e. The Bertz CT molecular complexity index is 655. The summed E-state index contributed by atoms with van der Waals surface area (Å²) in [6.07, 6.45) is 3.78. The fourth-order valence-electron chi connectivity index (χ4n) is 1.51. The number of aromatic nitrogens is 4. The normalized spacial score (nSPS) is 10.5. The lowest BCUT2D eigenvalue weighted by atomic mass is 10.4. The Morgan fingerprint density at radius 2 is 2.33 bits per heavy atom. The second-order valence-electron chi connectivity index (χ2n) is 4.17. The van der Waals surface area contributed by atoms with Crippen LogP contribution in [0.3, 0.4) is 0 Å². The molecular formula is C12H15N5O2S2. The van der Waals surface area contributed by atoms with Crippen molar-refractivity contribution in [2.75, 3.05) is 12.3 Å². The predicted molar refractivity (Wildman–Crippen MR) is 81.5 cm³/mol. The van der Waals surface area contributed by atoms with Gasteiger partial charge in [0, 0.05) is 24.7 Å². The second kappa shape index (κ2) is 7.89. The number of aryl methyl sites for hydroxylation is 1. The van der Waals surface area contributed by atoms with Gasteiger partial charge < -0.3 is 5.32 Å². The lowest BCUT2D eigenvalue weighted by molar-refractivity contribution is -0.121. The summed E-state index contributed by atoms with van der Waals surface area (Å²) in [4.78, 5) is 26.6. The van der Waals surface area contributed by atoms with Gasteiger partial charge in [-0.3, -0.25) is 9.36 Å². The van der Waals surface area contributed by atoms with Gasteiger partial charge in [0.2, 0.25) is 5.91 Å². The van der Waals surface area contributed by atoms with Gasteiger partial charge in [-0.2, -0.15) is 0 Å². The zero-order valence-electron chi connectivity index (χ0n) is 11.5. The van der Waals surface area contributed by atoms with Crippen LogP contribution in [0.15, 0.2) is 27.6 Å². The second-order valence-corrected chi connectivity index (χ2v) is 6.69. The van der Waals surface area contributed by atoms with Crippen molar-refractivity contribution < 1.29 is 4.79 Å². The molecule has 0 aliphatic heterocycles. The van der Waals surface area contributed by atoms with Gasteiger partial charge in [0.15, 0.2) is 4.34 Å². The van der Waals surface area contributed by atoms with Gasteiger partial charge in [-0.15, -0.1) is 10.2 Å². The molecule has 9 heteroatoms. The molecule has 112 valence electrons. The first kappa shape index (κ1) is 15.6. The van der Waals surface area contributed by atoms with Gasteiger partial charge in [0.25, 0.3) is 0 Å². The number of thioether (sulfide) groups is 1. The molecular weight excluding hydrogens is 310 g/mol. The molecule has 1 amide bonds. The van der Waals surface area contributed by atoms with Gasteiger partial charge in [-0.1, -0.05) is 23.1 Å². The molecule has 7 nitrogen and oxygen atoms in total. The SMILES string of the molecule is Cc1nnc(SCCCNC(=O)Cn2cccnc2=O)s1. The highest BCUT2D eigenvalue weighted by Crippen LogP contribution is 2.21. The van der Waals surface area contributed by atoms with E-state index in [4.69, 9.17) is 0 Å². The third kappa shape index (κ3) is 5.27. The van der Waals surface area contributed by atoms with Crippen molar-refractivity contribution in [2.45, 2.75) is 24.2 Å². The number of rotatable bonds is 7. The van der Waals surface area contributed by atoms with E-state index in [2.05, 4.69) is 20.5 Å². The first-order chi connectivity index (χ1) is 10.1. The van der Waals surface area contributed by atoms with Crippen molar-refractivity contribution in [3.63, 3.8) is 0 Å². The van der Waals surface area contributed by atoms with Crippen molar-refractivity contribution in [2.24, 2.45) is 0 Å². The molecule has 0 atom stereocenters. The van der Waals surface area contributed by atoms with Crippen LogP contribution in [-0.4, -0.2) is 38.0 Å². The van der Waals surface area contributed by atoms with Crippen LogP contribution in [0.5, 0.6) is 0 Å². The Hall–Kier alpha value is -1.74. The standard InChI is InChI=1S/C12H15N5O2S2/c1-9-15-16-12(21-9)20-7-3-5-13-10(18)8-17-6-2-4-14-11(17)19/h2,4,6H,3,5,7-8H2,1H3,(H,13,18). The third-order valence-corrected chi connectivity index (χ3v) is 4.53. The van der Waals surface area contributed by atoms with E-state index in [-0.39, 0.29) is 12.5 Å².